The molecule has 0 fully saturated rings. The van der Waals surface area contributed by atoms with Crippen LogP contribution in [0.3, 0.4) is 0 Å². The summed E-state index contributed by atoms with van der Waals surface area (Å²) in [6, 6.07) is 0. The van der Waals surface area contributed by atoms with Crippen LogP contribution in [0.1, 0.15) is 26.7 Å². The van der Waals surface area contributed by atoms with Crippen LogP contribution >= 0.6 is 22.6 Å². The maximum atomic E-state index is 5.31. The van der Waals surface area contributed by atoms with Crippen molar-refractivity contribution in [3.05, 3.63) is 0 Å². The number of nitrogens with one attached hydrogen (secondary N) is 1. The van der Waals surface area contributed by atoms with Crippen molar-refractivity contribution >= 4 is 22.6 Å². The molecule has 0 amide bonds. The van der Waals surface area contributed by atoms with Gasteiger partial charge in [0.15, 0.2) is 0 Å². The third-order valence-electron chi connectivity index (χ3n) is 1.95. The molecule has 0 rings (SSSR count). The van der Waals surface area contributed by atoms with Crippen LogP contribution in [0, 0.1) is 24.2 Å². The van der Waals surface area contributed by atoms with Gasteiger partial charge >= 0.3 is 0 Å². The predicted octanol–water partition coefficient (Wildman–Crippen LogP) is 2.65. The van der Waals surface area contributed by atoms with Gasteiger partial charge in [0.25, 0.3) is 0 Å². The molecule has 0 aromatic carbocycles. The predicted molar refractivity (Wildman–Crippen MR) is 63.3 cm³/mol. The molecule has 0 bridgehead atoms. The van der Waals surface area contributed by atoms with E-state index in [9.17, 15) is 0 Å². The summed E-state index contributed by atoms with van der Waals surface area (Å²) in [7, 11) is 0. The van der Waals surface area contributed by atoms with E-state index in [1.165, 1.54) is 6.42 Å². The van der Waals surface area contributed by atoms with E-state index < -0.39 is 0 Å². The first-order valence-electron chi connectivity index (χ1n) is 4.43. The Hall–Kier alpha value is 0.250. The summed E-state index contributed by atoms with van der Waals surface area (Å²) in [4.78, 5) is 0. The van der Waals surface area contributed by atoms with Gasteiger partial charge in [0.1, 0.15) is 0 Å². The number of halogens is 1. The van der Waals surface area contributed by atoms with Gasteiger partial charge in [0, 0.05) is 10.5 Å². The molecule has 0 aromatic rings. The molecule has 0 saturated heterocycles. The molecular formula is C10H18IN. The lowest BCUT2D eigenvalue weighted by atomic mass is 9.95. The first-order chi connectivity index (χ1) is 5.70. The molecule has 1 nitrogen and oxygen atoms in total. The van der Waals surface area contributed by atoms with Gasteiger partial charge in [-0.25, -0.2) is 0 Å². The fourth-order valence-corrected chi connectivity index (χ4v) is 1.59. The van der Waals surface area contributed by atoms with E-state index in [2.05, 4.69) is 47.7 Å². The van der Waals surface area contributed by atoms with Crippen LogP contribution in [0.5, 0.6) is 0 Å². The van der Waals surface area contributed by atoms with Crippen LogP contribution in [-0.4, -0.2) is 11.1 Å². The third-order valence-corrected chi connectivity index (χ3v) is 2.49. The normalized spacial score (nSPS) is 15.2. The molecule has 0 aromatic heterocycles. The van der Waals surface area contributed by atoms with E-state index >= 15 is 0 Å². The average molecular weight is 279 g/mol. The Balaban J connectivity index is 3.34. The summed E-state index contributed by atoms with van der Waals surface area (Å²) in [5.41, 5.74) is 0. The second kappa shape index (κ2) is 7.88. The molecule has 0 aliphatic rings. The van der Waals surface area contributed by atoms with Crippen LogP contribution in [0.15, 0.2) is 0 Å². The fraction of sp³-hybridized carbons (Fsp3) is 0.800. The van der Waals surface area contributed by atoms with Crippen LogP contribution < -0.4 is 5.32 Å². The molecule has 2 unspecified atom stereocenters. The Morgan fingerprint density at radius 3 is 2.67 bits per heavy atom. The van der Waals surface area contributed by atoms with E-state index in [0.29, 0.717) is 5.92 Å². The van der Waals surface area contributed by atoms with E-state index in [-0.39, 0.29) is 0 Å². The van der Waals surface area contributed by atoms with Gasteiger partial charge < -0.3 is 5.32 Å². The lowest BCUT2D eigenvalue weighted by molar-refractivity contribution is 0.439. The van der Waals surface area contributed by atoms with Crippen molar-refractivity contribution in [2.75, 3.05) is 11.1 Å². The number of hydrogen-bond acceptors (Lipinski definition) is 1. The average Bonchev–Trinajstić information content (AvgIpc) is 2.05. The Bertz CT molecular complexity index is 139. The molecule has 0 radical (unpaired) electrons. The highest BCUT2D eigenvalue weighted by molar-refractivity contribution is 14.1. The first kappa shape index (κ1) is 12.2. The van der Waals surface area contributed by atoms with Gasteiger partial charge in [-0.2, -0.15) is 0 Å². The Morgan fingerprint density at radius 2 is 2.17 bits per heavy atom. The van der Waals surface area contributed by atoms with Gasteiger partial charge in [-0.05, 0) is 25.3 Å². The third kappa shape index (κ3) is 6.93. The molecule has 2 heteroatoms. The van der Waals surface area contributed by atoms with Crippen molar-refractivity contribution < 1.29 is 0 Å². The maximum absolute atomic E-state index is 5.31. The molecule has 2 atom stereocenters. The quantitative estimate of drug-likeness (QED) is 0.259. The largest absolute Gasteiger partial charge is 0.308 e. The minimum atomic E-state index is 0.430. The summed E-state index contributed by atoms with van der Waals surface area (Å²) in [6.45, 7) is 5.49. The number of rotatable bonds is 6. The van der Waals surface area contributed by atoms with Crippen molar-refractivity contribution in [3.8, 4) is 12.3 Å². The van der Waals surface area contributed by atoms with Crippen LogP contribution in [0.4, 0.5) is 0 Å². The van der Waals surface area contributed by atoms with Crippen molar-refractivity contribution in [2.45, 2.75) is 26.7 Å². The summed E-state index contributed by atoms with van der Waals surface area (Å²) < 4.78 is 1.04. The molecule has 0 spiro atoms. The lowest BCUT2D eigenvalue weighted by Gasteiger charge is -2.12. The number of hydrogen-bond donors (Lipinski definition) is 1. The topological polar surface area (TPSA) is 12.0 Å². The zero-order valence-electron chi connectivity index (χ0n) is 7.94. The summed E-state index contributed by atoms with van der Waals surface area (Å²) in [6.07, 6.45) is 7.69. The Labute approximate surface area is 89.8 Å². The molecule has 12 heavy (non-hydrogen) atoms. The van der Waals surface area contributed by atoms with Crippen LogP contribution in [0.25, 0.3) is 0 Å². The van der Waals surface area contributed by atoms with Crippen molar-refractivity contribution in [3.63, 3.8) is 0 Å². The van der Waals surface area contributed by atoms with E-state index in [1.807, 2.05) is 0 Å². The molecule has 1 N–H and O–H groups in total. The standard InChI is InChI=1S/C10H18IN/c1-4-9(2)7-10(3)5-6-12-8-11/h1,9-10,12H,5-8H2,2-3H3. The molecule has 0 aliphatic carbocycles. The Kier molecular flexibility index (Phi) is 8.04. The van der Waals surface area contributed by atoms with Gasteiger partial charge in [-0.15, -0.1) is 12.3 Å². The highest BCUT2D eigenvalue weighted by Crippen LogP contribution is 2.13. The zero-order valence-corrected chi connectivity index (χ0v) is 10.1. The van der Waals surface area contributed by atoms with E-state index in [1.54, 1.807) is 0 Å². The number of terminal acetylenes is 1. The van der Waals surface area contributed by atoms with Crippen LogP contribution in [0.2, 0.25) is 0 Å². The minimum absolute atomic E-state index is 0.430. The summed E-state index contributed by atoms with van der Waals surface area (Å²) in [5.74, 6) is 3.94. The minimum Gasteiger partial charge on any atom is -0.308 e. The van der Waals surface area contributed by atoms with Crippen molar-refractivity contribution in [1.29, 1.82) is 0 Å². The Morgan fingerprint density at radius 1 is 1.50 bits per heavy atom. The maximum Gasteiger partial charge on any atom is 0.0479 e. The second-order valence-electron chi connectivity index (χ2n) is 3.33. The molecular weight excluding hydrogens is 261 g/mol. The second-order valence-corrected chi connectivity index (χ2v) is 4.09. The van der Waals surface area contributed by atoms with Crippen molar-refractivity contribution in [2.24, 2.45) is 11.8 Å². The highest BCUT2D eigenvalue weighted by atomic mass is 127. The van der Waals surface area contributed by atoms with Gasteiger partial charge in [0.2, 0.25) is 0 Å². The SMILES string of the molecule is C#CC(C)CC(C)CCNCI. The smallest absolute Gasteiger partial charge is 0.0479 e. The fourth-order valence-electron chi connectivity index (χ4n) is 1.20. The zero-order chi connectivity index (χ0) is 9.40. The van der Waals surface area contributed by atoms with Gasteiger partial charge in [-0.3, -0.25) is 0 Å². The first-order valence-corrected chi connectivity index (χ1v) is 5.96. The molecule has 70 valence electrons. The molecule has 0 aliphatic heterocycles. The molecule has 0 saturated carbocycles. The van der Waals surface area contributed by atoms with E-state index in [0.717, 1.165) is 23.4 Å². The van der Waals surface area contributed by atoms with Crippen LogP contribution in [-0.2, 0) is 0 Å². The van der Waals surface area contributed by atoms with Gasteiger partial charge in [-0.1, -0.05) is 36.4 Å². The summed E-state index contributed by atoms with van der Waals surface area (Å²) in [5, 5.41) is 3.31. The molecule has 0 heterocycles. The highest BCUT2D eigenvalue weighted by Gasteiger charge is 2.05. The summed E-state index contributed by atoms with van der Waals surface area (Å²) >= 11 is 2.32. The number of alkyl halides is 1. The van der Waals surface area contributed by atoms with E-state index in [4.69, 9.17) is 6.42 Å². The monoisotopic (exact) mass is 279 g/mol. The van der Waals surface area contributed by atoms with Crippen molar-refractivity contribution in [1.82, 2.24) is 5.32 Å². The van der Waals surface area contributed by atoms with Gasteiger partial charge in [0.05, 0.1) is 0 Å². The lowest BCUT2D eigenvalue weighted by Crippen LogP contribution is -2.15.